The molecule has 8 heteroatoms. The number of hydrogen-bond acceptors (Lipinski definition) is 4. The number of rotatable bonds is 4. The van der Waals surface area contributed by atoms with Crippen LogP contribution in [0.2, 0.25) is 5.02 Å². The van der Waals surface area contributed by atoms with Crippen LogP contribution >= 0.6 is 11.6 Å². The molecule has 1 aromatic carbocycles. The molecule has 3 aromatic rings. The Balaban J connectivity index is 1.66. The van der Waals surface area contributed by atoms with E-state index in [4.69, 9.17) is 16.3 Å². The van der Waals surface area contributed by atoms with Crippen LogP contribution in [0.1, 0.15) is 22.3 Å². The first-order valence-electron chi connectivity index (χ1n) is 9.27. The number of aromatic nitrogens is 1. The zero-order valence-electron chi connectivity index (χ0n) is 15.9. The number of fused-ring (bicyclic) bond motifs is 1. The second-order valence-corrected chi connectivity index (χ2v) is 9.38. The molecule has 150 valence electrons. The van der Waals surface area contributed by atoms with Crippen molar-refractivity contribution < 1.29 is 13.2 Å². The summed E-state index contributed by atoms with van der Waals surface area (Å²) in [6, 6.07) is 10.9. The average Bonchev–Trinajstić information content (AvgIpc) is 3.03. The monoisotopic (exact) mass is 429 g/mol. The summed E-state index contributed by atoms with van der Waals surface area (Å²) in [5, 5.41) is 9.41. The molecule has 1 fully saturated rings. The van der Waals surface area contributed by atoms with Gasteiger partial charge >= 0.3 is 0 Å². The largest absolute Gasteiger partial charge is 0.379 e. The van der Waals surface area contributed by atoms with E-state index in [1.165, 1.54) is 4.31 Å². The molecule has 0 saturated carbocycles. The Hall–Kier alpha value is -2.37. The summed E-state index contributed by atoms with van der Waals surface area (Å²) in [7, 11) is -3.64. The van der Waals surface area contributed by atoms with E-state index >= 15 is 0 Å². The fraction of sp³-hybridized carbons (Fsp3) is 0.286. The maximum atomic E-state index is 12.9. The molecule has 0 bridgehead atoms. The first kappa shape index (κ1) is 19.9. The highest BCUT2D eigenvalue weighted by Gasteiger charge is 2.28. The minimum atomic E-state index is -3.64. The number of morpholine rings is 1. The molecular formula is C21H20ClN3O3S. The number of aryl methyl sites for hydroxylation is 1. The molecular weight excluding hydrogens is 410 g/mol. The van der Waals surface area contributed by atoms with E-state index in [0.29, 0.717) is 38.3 Å². The van der Waals surface area contributed by atoms with E-state index in [0.717, 1.165) is 22.2 Å². The van der Waals surface area contributed by atoms with Crippen molar-refractivity contribution in [3.05, 3.63) is 70.0 Å². The van der Waals surface area contributed by atoms with Crippen LogP contribution in [0.15, 0.2) is 47.6 Å². The predicted molar refractivity (Wildman–Crippen MR) is 111 cm³/mol. The molecule has 0 atom stereocenters. The first-order valence-corrected chi connectivity index (χ1v) is 11.1. The predicted octanol–water partition coefficient (Wildman–Crippen LogP) is 3.38. The fourth-order valence-electron chi connectivity index (χ4n) is 3.65. The van der Waals surface area contributed by atoms with Crippen LogP contribution in [-0.4, -0.2) is 43.4 Å². The molecule has 1 saturated heterocycles. The Morgan fingerprint density at radius 1 is 1.21 bits per heavy atom. The average molecular weight is 430 g/mol. The summed E-state index contributed by atoms with van der Waals surface area (Å²) in [5.74, 6) is 0. The number of ether oxygens (including phenoxy) is 1. The highest BCUT2D eigenvalue weighted by Crippen LogP contribution is 2.29. The number of nitriles is 1. The van der Waals surface area contributed by atoms with Gasteiger partial charge in [-0.25, -0.2) is 8.42 Å². The fourth-order valence-corrected chi connectivity index (χ4v) is 5.60. The number of hydrogen-bond donors (Lipinski definition) is 0. The minimum Gasteiger partial charge on any atom is -0.379 e. The highest BCUT2D eigenvalue weighted by atomic mass is 35.5. The molecule has 3 heterocycles. The second kappa shape index (κ2) is 7.81. The maximum Gasteiger partial charge on any atom is 0.244 e. The van der Waals surface area contributed by atoms with Crippen LogP contribution in [0, 0.1) is 18.3 Å². The quantitative estimate of drug-likeness (QED) is 0.637. The van der Waals surface area contributed by atoms with Crippen molar-refractivity contribution in [1.29, 1.82) is 5.26 Å². The van der Waals surface area contributed by atoms with E-state index in [2.05, 4.69) is 6.07 Å². The third kappa shape index (κ3) is 3.77. The molecule has 0 amide bonds. The molecule has 0 unspecified atom stereocenters. The summed E-state index contributed by atoms with van der Waals surface area (Å²) >= 11 is 6.39. The van der Waals surface area contributed by atoms with E-state index in [1.807, 2.05) is 29.8 Å². The number of sulfonamides is 1. The molecule has 0 N–H and O–H groups in total. The number of pyridine rings is 1. The van der Waals surface area contributed by atoms with Gasteiger partial charge in [0, 0.05) is 25.5 Å². The Bertz CT molecular complexity index is 1220. The minimum absolute atomic E-state index is 0.120. The normalized spacial score (nSPS) is 15.5. The number of halogens is 1. The molecule has 1 aliphatic heterocycles. The lowest BCUT2D eigenvalue weighted by Gasteiger charge is -2.26. The summed E-state index contributed by atoms with van der Waals surface area (Å²) < 4.78 is 34.4. The lowest BCUT2D eigenvalue weighted by Crippen LogP contribution is -2.40. The molecule has 29 heavy (non-hydrogen) atoms. The molecule has 1 aliphatic rings. The number of benzene rings is 1. The molecule has 0 radical (unpaired) electrons. The lowest BCUT2D eigenvalue weighted by molar-refractivity contribution is 0.0730. The van der Waals surface area contributed by atoms with Gasteiger partial charge in [0.05, 0.1) is 35.4 Å². The zero-order valence-corrected chi connectivity index (χ0v) is 17.5. The van der Waals surface area contributed by atoms with Crippen molar-refractivity contribution in [2.45, 2.75) is 18.2 Å². The standard InChI is InChI=1S/C21H20ClN3O3S/c1-15-14-24-5-4-17(13-23)12-20(24)18(15)10-16-2-3-21(19(22)11-16)29(26,27)25-6-8-28-9-7-25/h2-5,11-12,14H,6-10H2,1H3. The smallest absolute Gasteiger partial charge is 0.244 e. The third-order valence-corrected chi connectivity index (χ3v) is 7.58. The molecule has 2 aromatic heterocycles. The van der Waals surface area contributed by atoms with Gasteiger partial charge in [0.1, 0.15) is 4.90 Å². The SMILES string of the molecule is Cc1cn2ccc(C#N)cc2c1Cc1ccc(S(=O)(=O)N2CCOCC2)c(Cl)c1. The van der Waals surface area contributed by atoms with Gasteiger partial charge in [-0.1, -0.05) is 17.7 Å². The summed E-state index contributed by atoms with van der Waals surface area (Å²) in [5.41, 5.74) is 4.65. The van der Waals surface area contributed by atoms with Gasteiger partial charge in [0.2, 0.25) is 10.0 Å². The Morgan fingerprint density at radius 2 is 1.97 bits per heavy atom. The van der Waals surface area contributed by atoms with Gasteiger partial charge in [-0.15, -0.1) is 0 Å². The van der Waals surface area contributed by atoms with Gasteiger partial charge < -0.3 is 9.14 Å². The van der Waals surface area contributed by atoms with Crippen LogP contribution < -0.4 is 0 Å². The van der Waals surface area contributed by atoms with E-state index < -0.39 is 10.0 Å². The van der Waals surface area contributed by atoms with Crippen LogP contribution in [0.3, 0.4) is 0 Å². The maximum absolute atomic E-state index is 12.9. The van der Waals surface area contributed by atoms with Gasteiger partial charge in [-0.2, -0.15) is 9.57 Å². The van der Waals surface area contributed by atoms with Crippen molar-refractivity contribution in [2.75, 3.05) is 26.3 Å². The van der Waals surface area contributed by atoms with Crippen LogP contribution in [0.25, 0.3) is 5.52 Å². The van der Waals surface area contributed by atoms with E-state index in [-0.39, 0.29) is 9.92 Å². The first-order chi connectivity index (χ1) is 13.9. The molecule has 4 rings (SSSR count). The van der Waals surface area contributed by atoms with Crippen molar-refractivity contribution in [1.82, 2.24) is 8.71 Å². The van der Waals surface area contributed by atoms with Crippen molar-refractivity contribution in [2.24, 2.45) is 0 Å². The Kier molecular flexibility index (Phi) is 5.36. The summed E-state index contributed by atoms with van der Waals surface area (Å²) in [6.07, 6.45) is 4.48. The molecule has 6 nitrogen and oxygen atoms in total. The van der Waals surface area contributed by atoms with Crippen LogP contribution in [0.4, 0.5) is 0 Å². The summed E-state index contributed by atoms with van der Waals surface area (Å²) in [4.78, 5) is 0.120. The van der Waals surface area contributed by atoms with Crippen LogP contribution in [0.5, 0.6) is 0 Å². The van der Waals surface area contributed by atoms with Crippen LogP contribution in [-0.2, 0) is 21.2 Å². The van der Waals surface area contributed by atoms with Gasteiger partial charge in [0.15, 0.2) is 0 Å². The molecule has 0 aliphatic carbocycles. The Labute approximate surface area is 174 Å². The van der Waals surface area contributed by atoms with Gasteiger partial charge in [0.25, 0.3) is 0 Å². The van der Waals surface area contributed by atoms with Gasteiger partial charge in [-0.05, 0) is 54.3 Å². The van der Waals surface area contributed by atoms with Crippen molar-refractivity contribution in [3.8, 4) is 6.07 Å². The van der Waals surface area contributed by atoms with Gasteiger partial charge in [-0.3, -0.25) is 0 Å². The topological polar surface area (TPSA) is 74.8 Å². The third-order valence-electron chi connectivity index (χ3n) is 5.20. The number of nitrogens with zero attached hydrogens (tertiary/aromatic N) is 3. The Morgan fingerprint density at radius 3 is 2.66 bits per heavy atom. The zero-order chi connectivity index (χ0) is 20.6. The van der Waals surface area contributed by atoms with Crippen molar-refractivity contribution in [3.63, 3.8) is 0 Å². The second-order valence-electron chi connectivity index (χ2n) is 7.07. The highest BCUT2D eigenvalue weighted by molar-refractivity contribution is 7.89. The van der Waals surface area contributed by atoms with Crippen molar-refractivity contribution >= 4 is 27.1 Å². The summed E-state index contributed by atoms with van der Waals surface area (Å²) in [6.45, 7) is 3.46. The van der Waals surface area contributed by atoms with E-state index in [9.17, 15) is 13.7 Å². The molecule has 0 spiro atoms. The van der Waals surface area contributed by atoms with E-state index in [1.54, 1.807) is 24.3 Å². The lowest BCUT2D eigenvalue weighted by atomic mass is 10.0.